The van der Waals surface area contributed by atoms with Crippen molar-refractivity contribution in [2.45, 2.75) is 50.7 Å². The number of fused-ring (bicyclic) bond motifs is 1. The quantitative estimate of drug-likeness (QED) is 0.726. The molecule has 1 saturated heterocycles. The summed E-state index contributed by atoms with van der Waals surface area (Å²) in [6.07, 6.45) is 5.90. The fourth-order valence-corrected chi connectivity index (χ4v) is 3.88. The first kappa shape index (κ1) is 10.7. The second-order valence-corrected chi connectivity index (χ2v) is 5.81. The number of Topliss-reactive ketones (excluding diaryl/α,β-unsaturated/α-hetero) is 1. The lowest BCUT2D eigenvalue weighted by molar-refractivity contribution is -0.121. The average Bonchev–Trinajstić information content (AvgIpc) is 2.81. The van der Waals surface area contributed by atoms with Gasteiger partial charge in [-0.2, -0.15) is 0 Å². The molecule has 3 aliphatic rings. The molecule has 0 amide bonds. The largest absolute Gasteiger partial charge is 0.393 e. The molecule has 2 aliphatic carbocycles. The molecule has 16 heavy (non-hydrogen) atoms. The molecular formula is C13H21NO2. The van der Waals surface area contributed by atoms with E-state index in [2.05, 4.69) is 4.90 Å². The third kappa shape index (κ3) is 1.80. The number of aliphatic hydroxyl groups is 1. The van der Waals surface area contributed by atoms with Crippen LogP contribution in [0.15, 0.2) is 0 Å². The Kier molecular flexibility index (Phi) is 2.76. The topological polar surface area (TPSA) is 40.5 Å². The van der Waals surface area contributed by atoms with Gasteiger partial charge in [0.2, 0.25) is 0 Å². The Labute approximate surface area is 96.8 Å². The van der Waals surface area contributed by atoms with Crippen molar-refractivity contribution in [2.75, 3.05) is 13.1 Å². The molecule has 0 spiro atoms. The van der Waals surface area contributed by atoms with Crippen LogP contribution in [0.3, 0.4) is 0 Å². The van der Waals surface area contributed by atoms with E-state index in [0.717, 1.165) is 38.8 Å². The van der Waals surface area contributed by atoms with Crippen molar-refractivity contribution in [2.24, 2.45) is 11.8 Å². The van der Waals surface area contributed by atoms with Gasteiger partial charge in [0.05, 0.1) is 6.10 Å². The van der Waals surface area contributed by atoms with Crippen LogP contribution >= 0.6 is 0 Å². The van der Waals surface area contributed by atoms with Crippen LogP contribution in [0.2, 0.25) is 0 Å². The molecule has 4 unspecified atom stereocenters. The van der Waals surface area contributed by atoms with Gasteiger partial charge in [-0.1, -0.05) is 0 Å². The molecule has 3 fully saturated rings. The summed E-state index contributed by atoms with van der Waals surface area (Å²) in [4.78, 5) is 13.9. The van der Waals surface area contributed by atoms with E-state index in [1.807, 2.05) is 0 Å². The van der Waals surface area contributed by atoms with Gasteiger partial charge in [-0.05, 0) is 31.6 Å². The Balaban J connectivity index is 1.63. The molecule has 3 rings (SSSR count). The first-order valence-corrected chi connectivity index (χ1v) is 6.68. The third-order valence-electron chi connectivity index (χ3n) is 4.82. The van der Waals surface area contributed by atoms with Crippen LogP contribution in [-0.4, -0.2) is 41.0 Å². The van der Waals surface area contributed by atoms with Gasteiger partial charge in [0.15, 0.2) is 0 Å². The highest BCUT2D eigenvalue weighted by molar-refractivity contribution is 5.79. The van der Waals surface area contributed by atoms with Crippen LogP contribution in [-0.2, 0) is 4.79 Å². The molecule has 0 aromatic rings. The van der Waals surface area contributed by atoms with Crippen LogP contribution in [0, 0.1) is 11.8 Å². The Morgan fingerprint density at radius 3 is 2.81 bits per heavy atom. The average molecular weight is 223 g/mol. The van der Waals surface area contributed by atoms with Crippen LogP contribution in [0.5, 0.6) is 0 Å². The molecule has 0 radical (unpaired) electrons. The third-order valence-corrected chi connectivity index (χ3v) is 4.82. The summed E-state index contributed by atoms with van der Waals surface area (Å²) in [5.74, 6) is 1.64. The number of carbonyl (C=O) groups is 1. The van der Waals surface area contributed by atoms with Crippen molar-refractivity contribution in [3.8, 4) is 0 Å². The summed E-state index contributed by atoms with van der Waals surface area (Å²) < 4.78 is 0. The van der Waals surface area contributed by atoms with E-state index in [9.17, 15) is 9.90 Å². The fourth-order valence-electron chi connectivity index (χ4n) is 3.88. The lowest BCUT2D eigenvalue weighted by Gasteiger charge is -2.31. The minimum Gasteiger partial charge on any atom is -0.393 e. The SMILES string of the molecule is O=C1CCCC(N2CC3CCC(O)C3C2)C1. The molecule has 0 bridgehead atoms. The Morgan fingerprint density at radius 2 is 2.06 bits per heavy atom. The van der Waals surface area contributed by atoms with Crippen molar-refractivity contribution in [1.29, 1.82) is 0 Å². The first-order valence-electron chi connectivity index (χ1n) is 6.68. The van der Waals surface area contributed by atoms with E-state index in [4.69, 9.17) is 0 Å². The summed E-state index contributed by atoms with van der Waals surface area (Å²) in [5, 5.41) is 9.87. The molecule has 90 valence electrons. The molecule has 0 aromatic heterocycles. The van der Waals surface area contributed by atoms with Gasteiger partial charge >= 0.3 is 0 Å². The van der Waals surface area contributed by atoms with Crippen LogP contribution in [0.4, 0.5) is 0 Å². The molecule has 1 aliphatic heterocycles. The summed E-state index contributed by atoms with van der Waals surface area (Å²) in [5.41, 5.74) is 0. The van der Waals surface area contributed by atoms with Crippen LogP contribution in [0.1, 0.15) is 38.5 Å². The predicted octanol–water partition coefficient (Wildman–Crippen LogP) is 1.20. The monoisotopic (exact) mass is 223 g/mol. The predicted molar refractivity (Wildman–Crippen MR) is 61.1 cm³/mol. The van der Waals surface area contributed by atoms with E-state index in [1.54, 1.807) is 0 Å². The zero-order valence-corrected chi connectivity index (χ0v) is 9.77. The van der Waals surface area contributed by atoms with Crippen molar-refractivity contribution in [1.82, 2.24) is 4.90 Å². The summed E-state index contributed by atoms with van der Waals surface area (Å²) >= 11 is 0. The maximum Gasteiger partial charge on any atom is 0.134 e. The highest BCUT2D eigenvalue weighted by atomic mass is 16.3. The minimum atomic E-state index is -0.0747. The van der Waals surface area contributed by atoms with Crippen molar-refractivity contribution in [3.63, 3.8) is 0 Å². The number of rotatable bonds is 1. The number of likely N-dealkylation sites (tertiary alicyclic amines) is 1. The van der Waals surface area contributed by atoms with Crippen LogP contribution in [0.25, 0.3) is 0 Å². The van der Waals surface area contributed by atoms with Gasteiger partial charge in [0.25, 0.3) is 0 Å². The lowest BCUT2D eigenvalue weighted by Crippen LogP contribution is -2.38. The molecule has 1 N–H and O–H groups in total. The molecule has 3 heteroatoms. The van der Waals surface area contributed by atoms with Crippen molar-refractivity contribution < 1.29 is 9.90 Å². The fraction of sp³-hybridized carbons (Fsp3) is 0.923. The van der Waals surface area contributed by atoms with E-state index in [0.29, 0.717) is 23.7 Å². The van der Waals surface area contributed by atoms with Gasteiger partial charge in [0.1, 0.15) is 5.78 Å². The summed E-state index contributed by atoms with van der Waals surface area (Å²) in [6.45, 7) is 2.16. The Morgan fingerprint density at radius 1 is 1.19 bits per heavy atom. The van der Waals surface area contributed by atoms with Crippen LogP contribution < -0.4 is 0 Å². The molecule has 1 heterocycles. The second-order valence-electron chi connectivity index (χ2n) is 5.81. The highest BCUT2D eigenvalue weighted by Crippen LogP contribution is 2.40. The Hall–Kier alpha value is -0.410. The number of carbonyl (C=O) groups excluding carboxylic acids is 1. The first-order chi connectivity index (χ1) is 7.74. The number of nitrogens with zero attached hydrogens (tertiary/aromatic N) is 1. The zero-order chi connectivity index (χ0) is 11.1. The summed E-state index contributed by atoms with van der Waals surface area (Å²) in [7, 11) is 0. The minimum absolute atomic E-state index is 0.0747. The van der Waals surface area contributed by atoms with Crippen molar-refractivity contribution >= 4 is 5.78 Å². The number of hydrogen-bond donors (Lipinski definition) is 1. The maximum atomic E-state index is 11.5. The van der Waals surface area contributed by atoms with E-state index in [1.165, 1.54) is 12.8 Å². The highest BCUT2D eigenvalue weighted by Gasteiger charge is 2.43. The lowest BCUT2D eigenvalue weighted by atomic mass is 9.93. The Bertz CT molecular complexity index is 292. The zero-order valence-electron chi connectivity index (χ0n) is 9.77. The summed E-state index contributed by atoms with van der Waals surface area (Å²) in [6, 6.07) is 0.485. The van der Waals surface area contributed by atoms with E-state index in [-0.39, 0.29) is 6.10 Å². The molecule has 3 nitrogen and oxygen atoms in total. The molecule has 4 atom stereocenters. The van der Waals surface area contributed by atoms with Gasteiger partial charge < -0.3 is 5.11 Å². The van der Waals surface area contributed by atoms with Gasteiger partial charge in [-0.3, -0.25) is 9.69 Å². The number of aliphatic hydroxyl groups excluding tert-OH is 1. The normalized spacial score (nSPS) is 44.9. The number of hydrogen-bond acceptors (Lipinski definition) is 3. The second kappa shape index (κ2) is 4.11. The molecule has 2 saturated carbocycles. The van der Waals surface area contributed by atoms with Crippen molar-refractivity contribution in [3.05, 3.63) is 0 Å². The number of ketones is 1. The van der Waals surface area contributed by atoms with Gasteiger partial charge in [-0.25, -0.2) is 0 Å². The smallest absolute Gasteiger partial charge is 0.134 e. The molecule has 0 aromatic carbocycles. The van der Waals surface area contributed by atoms with E-state index < -0.39 is 0 Å². The van der Waals surface area contributed by atoms with Gasteiger partial charge in [0, 0.05) is 37.9 Å². The van der Waals surface area contributed by atoms with E-state index >= 15 is 0 Å². The standard InChI is InChI=1S/C13H21NO2/c15-11-3-1-2-10(6-11)14-7-9-4-5-13(16)12(9)8-14/h9-10,12-13,16H,1-8H2. The molecular weight excluding hydrogens is 202 g/mol. The maximum absolute atomic E-state index is 11.5. The van der Waals surface area contributed by atoms with Gasteiger partial charge in [-0.15, -0.1) is 0 Å².